The second-order valence-electron chi connectivity index (χ2n) is 9.89. The summed E-state index contributed by atoms with van der Waals surface area (Å²) >= 11 is 6.41. The number of benzene rings is 2. The lowest BCUT2D eigenvalue weighted by Gasteiger charge is -2.30. The molecule has 2 heterocycles. The van der Waals surface area contributed by atoms with E-state index in [1.165, 1.54) is 12.3 Å². The SMILES string of the molecule is C=CC(=O)Nc1cc(Nc2ncc(Cl)c(Nc3ccccc3P(C)(C)=O)n2)c(OC)cc1O[C@@H]1CCCN(C)C1. The summed E-state index contributed by atoms with van der Waals surface area (Å²) in [6.07, 6.45) is 4.56. The number of anilines is 5. The lowest BCUT2D eigenvalue weighted by atomic mass is 10.1. The van der Waals surface area contributed by atoms with Gasteiger partial charge in [-0.25, -0.2) is 4.98 Å². The van der Waals surface area contributed by atoms with Gasteiger partial charge in [-0.3, -0.25) is 4.79 Å². The Hall–Kier alpha value is -3.59. The number of likely N-dealkylation sites (N-methyl/N-ethyl adjacent to an activating group) is 1. The molecule has 0 aliphatic carbocycles. The maximum Gasteiger partial charge on any atom is 0.247 e. The molecule has 0 unspecified atom stereocenters. The summed E-state index contributed by atoms with van der Waals surface area (Å²) in [5, 5.41) is 10.1. The number of para-hydroxylation sites is 1. The molecular formula is C28H34ClN6O4P. The Morgan fingerprint density at radius 1 is 1.18 bits per heavy atom. The van der Waals surface area contributed by atoms with Crippen LogP contribution < -0.4 is 30.7 Å². The Balaban J connectivity index is 1.65. The van der Waals surface area contributed by atoms with Gasteiger partial charge in [0, 0.05) is 17.9 Å². The first-order chi connectivity index (χ1) is 19.1. The Kier molecular flexibility index (Phi) is 9.35. The monoisotopic (exact) mass is 584 g/mol. The third-order valence-electron chi connectivity index (χ3n) is 6.35. The van der Waals surface area contributed by atoms with Crippen molar-refractivity contribution in [3.8, 4) is 11.5 Å². The molecule has 212 valence electrons. The van der Waals surface area contributed by atoms with Crippen LogP contribution in [0.1, 0.15) is 12.8 Å². The minimum Gasteiger partial charge on any atom is -0.494 e. The van der Waals surface area contributed by atoms with E-state index in [-0.39, 0.29) is 23.0 Å². The highest BCUT2D eigenvalue weighted by Gasteiger charge is 2.22. The van der Waals surface area contributed by atoms with Crippen LogP contribution >= 0.6 is 18.7 Å². The van der Waals surface area contributed by atoms with E-state index < -0.39 is 7.14 Å². The van der Waals surface area contributed by atoms with Crippen LogP contribution in [0.3, 0.4) is 0 Å². The Bertz CT molecular complexity index is 1450. The molecule has 1 aliphatic heterocycles. The number of rotatable bonds is 10. The van der Waals surface area contributed by atoms with Crippen molar-refractivity contribution in [1.82, 2.24) is 14.9 Å². The van der Waals surface area contributed by atoms with Crippen molar-refractivity contribution < 1.29 is 18.8 Å². The Labute approximate surface area is 239 Å². The first-order valence-electron chi connectivity index (χ1n) is 12.8. The summed E-state index contributed by atoms with van der Waals surface area (Å²) in [7, 11) is 1.03. The van der Waals surface area contributed by atoms with Gasteiger partial charge in [-0.05, 0) is 64.0 Å². The van der Waals surface area contributed by atoms with Crippen LogP contribution in [-0.4, -0.2) is 67.5 Å². The quantitative estimate of drug-likeness (QED) is 0.210. The molecule has 0 spiro atoms. The minimum atomic E-state index is -2.56. The predicted octanol–water partition coefficient (Wildman–Crippen LogP) is 5.47. The second-order valence-corrected chi connectivity index (χ2v) is 13.5. The normalized spacial score (nSPS) is 15.7. The number of carbonyl (C=O) groups is 1. The van der Waals surface area contributed by atoms with Gasteiger partial charge in [0.15, 0.2) is 5.82 Å². The predicted molar refractivity (Wildman–Crippen MR) is 162 cm³/mol. The summed E-state index contributed by atoms with van der Waals surface area (Å²) in [6, 6.07) is 10.7. The fraction of sp³-hybridized carbons (Fsp3) is 0.321. The number of nitrogens with one attached hydrogen (secondary N) is 3. The molecule has 3 aromatic rings. The molecule has 12 heteroatoms. The van der Waals surface area contributed by atoms with Crippen molar-refractivity contribution in [2.45, 2.75) is 18.9 Å². The highest BCUT2D eigenvalue weighted by Crippen LogP contribution is 2.40. The van der Waals surface area contributed by atoms with Crippen molar-refractivity contribution in [2.24, 2.45) is 0 Å². The maximum absolute atomic E-state index is 12.8. The van der Waals surface area contributed by atoms with Crippen LogP contribution in [0.25, 0.3) is 0 Å². The van der Waals surface area contributed by atoms with Crippen molar-refractivity contribution in [1.29, 1.82) is 0 Å². The molecule has 1 aliphatic rings. The van der Waals surface area contributed by atoms with Gasteiger partial charge < -0.3 is 34.9 Å². The van der Waals surface area contributed by atoms with Crippen molar-refractivity contribution >= 4 is 58.8 Å². The smallest absolute Gasteiger partial charge is 0.247 e. The van der Waals surface area contributed by atoms with Gasteiger partial charge in [0.05, 0.1) is 30.4 Å². The highest BCUT2D eigenvalue weighted by atomic mass is 35.5. The van der Waals surface area contributed by atoms with Crippen LogP contribution in [0.2, 0.25) is 5.02 Å². The summed E-state index contributed by atoms with van der Waals surface area (Å²) in [4.78, 5) is 23.3. The number of halogens is 1. The molecule has 3 N–H and O–H groups in total. The van der Waals surface area contributed by atoms with E-state index in [0.29, 0.717) is 39.7 Å². The van der Waals surface area contributed by atoms with E-state index in [4.69, 9.17) is 21.1 Å². The van der Waals surface area contributed by atoms with Gasteiger partial charge in [0.2, 0.25) is 11.9 Å². The fourth-order valence-corrected chi connectivity index (χ4v) is 5.71. The van der Waals surface area contributed by atoms with E-state index in [9.17, 15) is 9.36 Å². The number of aromatic nitrogens is 2. The lowest BCUT2D eigenvalue weighted by Crippen LogP contribution is -2.38. The largest absolute Gasteiger partial charge is 0.494 e. The van der Waals surface area contributed by atoms with Gasteiger partial charge in [0.25, 0.3) is 0 Å². The van der Waals surface area contributed by atoms with Gasteiger partial charge in [-0.15, -0.1) is 0 Å². The number of hydrogen-bond donors (Lipinski definition) is 3. The summed E-state index contributed by atoms with van der Waals surface area (Å²) in [6.45, 7) is 8.76. The molecule has 0 saturated carbocycles. The first-order valence-corrected chi connectivity index (χ1v) is 15.8. The highest BCUT2D eigenvalue weighted by molar-refractivity contribution is 7.70. The molecule has 2 aromatic carbocycles. The van der Waals surface area contributed by atoms with Crippen LogP contribution in [0.15, 0.2) is 55.3 Å². The molecule has 0 bridgehead atoms. The number of nitrogens with zero attached hydrogens (tertiary/aromatic N) is 3. The van der Waals surface area contributed by atoms with E-state index in [2.05, 4.69) is 44.4 Å². The van der Waals surface area contributed by atoms with Gasteiger partial charge >= 0.3 is 0 Å². The molecule has 1 aromatic heterocycles. The average Bonchev–Trinajstić information content (AvgIpc) is 2.91. The average molecular weight is 585 g/mol. The Morgan fingerprint density at radius 3 is 2.65 bits per heavy atom. The molecule has 10 nitrogen and oxygen atoms in total. The summed E-state index contributed by atoms with van der Waals surface area (Å²) < 4.78 is 24.8. The molecule has 1 amide bonds. The third kappa shape index (κ3) is 7.33. The first kappa shape index (κ1) is 29.4. The van der Waals surface area contributed by atoms with E-state index >= 15 is 0 Å². The van der Waals surface area contributed by atoms with Crippen molar-refractivity contribution in [3.63, 3.8) is 0 Å². The van der Waals surface area contributed by atoms with Gasteiger partial charge in [-0.2, -0.15) is 4.98 Å². The number of amides is 1. The van der Waals surface area contributed by atoms with Crippen LogP contribution in [0.5, 0.6) is 11.5 Å². The number of hydrogen-bond acceptors (Lipinski definition) is 9. The Morgan fingerprint density at radius 2 is 1.95 bits per heavy atom. The molecule has 0 radical (unpaired) electrons. The molecule has 1 atom stereocenters. The zero-order valence-corrected chi connectivity index (χ0v) is 24.7. The third-order valence-corrected chi connectivity index (χ3v) is 8.17. The van der Waals surface area contributed by atoms with Crippen molar-refractivity contribution in [2.75, 3.05) is 56.5 Å². The van der Waals surface area contributed by atoms with Crippen molar-refractivity contribution in [3.05, 3.63) is 60.3 Å². The summed E-state index contributed by atoms with van der Waals surface area (Å²) in [5.41, 5.74) is 1.59. The molecule has 4 rings (SSSR count). The molecule has 1 saturated heterocycles. The number of likely N-dealkylation sites (tertiary alicyclic amines) is 1. The molecule has 1 fully saturated rings. The van der Waals surface area contributed by atoms with E-state index in [0.717, 1.165) is 25.9 Å². The maximum atomic E-state index is 12.8. The van der Waals surface area contributed by atoms with Gasteiger partial charge in [-0.1, -0.05) is 30.3 Å². The number of ether oxygens (including phenoxy) is 2. The minimum absolute atomic E-state index is 0.0284. The lowest BCUT2D eigenvalue weighted by molar-refractivity contribution is -0.111. The number of carbonyl (C=O) groups excluding carboxylic acids is 1. The van der Waals surface area contributed by atoms with Gasteiger partial charge in [0.1, 0.15) is 29.8 Å². The number of methoxy groups -OCH3 is 1. The van der Waals surface area contributed by atoms with Crippen LogP contribution in [-0.2, 0) is 9.36 Å². The second kappa shape index (κ2) is 12.7. The van der Waals surface area contributed by atoms with Crippen LogP contribution in [0.4, 0.5) is 28.8 Å². The van der Waals surface area contributed by atoms with E-state index in [1.54, 1.807) is 32.6 Å². The summed E-state index contributed by atoms with van der Waals surface area (Å²) in [5.74, 6) is 1.13. The molecule has 40 heavy (non-hydrogen) atoms. The van der Waals surface area contributed by atoms with Crippen LogP contribution in [0, 0.1) is 0 Å². The fourth-order valence-electron chi connectivity index (χ4n) is 4.41. The standard InChI is InChI=1S/C28H34ClN6O4P/c1-6-26(36)31-22-14-21(23(38-3)15-24(22)39-18-10-9-13-35(2)17-18)33-28-30-16-19(29)27(34-28)32-20-11-7-8-12-25(20)40(4,5)37/h6-8,11-12,14-16,18H,1,9-10,13,17H2,2-5H3,(H,31,36)(H2,30,32,33,34)/t18-/m1/s1. The van der Waals surface area contributed by atoms with E-state index in [1.807, 2.05) is 24.3 Å². The zero-order chi connectivity index (χ0) is 28.9. The topological polar surface area (TPSA) is 118 Å². The number of piperidine rings is 1. The molecular weight excluding hydrogens is 551 g/mol. The zero-order valence-electron chi connectivity index (χ0n) is 23.0.